The molecule has 36 heavy (non-hydrogen) atoms. The molecule has 2 N–H and O–H groups in total. The maximum atomic E-state index is 13.0. The van der Waals surface area contributed by atoms with Crippen LogP contribution in [0.5, 0.6) is 11.5 Å². The normalized spacial score (nSPS) is 11.5. The number of hydrogen-bond acceptors (Lipinski definition) is 6. The topological polar surface area (TPSA) is 84.3 Å². The van der Waals surface area contributed by atoms with Crippen LogP contribution in [0.15, 0.2) is 66.9 Å². The summed E-state index contributed by atoms with van der Waals surface area (Å²) in [6, 6.07) is 17.3. The van der Waals surface area contributed by atoms with E-state index in [0.717, 1.165) is 10.4 Å². The van der Waals surface area contributed by atoms with Crippen LogP contribution in [-0.2, 0) is 12.6 Å². The molecular weight excluding hydrogens is 491 g/mol. The van der Waals surface area contributed by atoms with Crippen LogP contribution >= 0.6 is 11.3 Å². The quantitative estimate of drug-likeness (QED) is 0.252. The first kappa shape index (κ1) is 25.2. The predicted molar refractivity (Wildman–Crippen MR) is 132 cm³/mol. The molecular formula is C26H22F3N3O3S. The number of benzene rings is 2. The Bertz CT molecular complexity index is 1350. The summed E-state index contributed by atoms with van der Waals surface area (Å²) in [6.07, 6.45) is -3.39. The highest BCUT2D eigenvalue weighted by atomic mass is 32.1. The maximum absolute atomic E-state index is 13.0. The molecule has 0 radical (unpaired) electrons. The lowest BCUT2D eigenvalue weighted by molar-refractivity contribution is -0.137. The van der Waals surface area contributed by atoms with Gasteiger partial charge in [0.25, 0.3) is 0 Å². The van der Waals surface area contributed by atoms with E-state index >= 15 is 0 Å². The fourth-order valence-electron chi connectivity index (χ4n) is 3.43. The standard InChI is InChI=1S/C26H22F3N3O3S/c1-15(2)12-21-22(16-8-10-19(11-9-16)35-18-6-4-3-5-7-18)31-25(36-21)32-23-20(24(33)34)13-17(14-30-23)26(27,28)29/h3-11,13-15H,12H2,1-2H3,(H,33,34)(H,30,31,32). The highest BCUT2D eigenvalue weighted by Crippen LogP contribution is 2.36. The zero-order chi connectivity index (χ0) is 25.9. The Morgan fingerprint density at radius 2 is 1.75 bits per heavy atom. The molecule has 0 fully saturated rings. The number of carbonyl (C=O) groups is 1. The van der Waals surface area contributed by atoms with Crippen molar-refractivity contribution in [3.8, 4) is 22.8 Å². The van der Waals surface area contributed by atoms with Crippen molar-refractivity contribution in [1.29, 1.82) is 0 Å². The lowest BCUT2D eigenvalue weighted by atomic mass is 10.0. The van der Waals surface area contributed by atoms with Crippen LogP contribution in [0.2, 0.25) is 0 Å². The van der Waals surface area contributed by atoms with Crippen LogP contribution in [0.1, 0.15) is 34.6 Å². The first-order valence-corrected chi connectivity index (χ1v) is 11.8. The number of alkyl halides is 3. The maximum Gasteiger partial charge on any atom is 0.417 e. The molecule has 0 aliphatic rings. The molecule has 0 atom stereocenters. The molecule has 6 nitrogen and oxygen atoms in total. The first-order chi connectivity index (χ1) is 17.1. The van der Waals surface area contributed by atoms with Gasteiger partial charge in [0, 0.05) is 16.6 Å². The number of nitrogens with one attached hydrogen (secondary N) is 1. The highest BCUT2D eigenvalue weighted by Gasteiger charge is 2.32. The van der Waals surface area contributed by atoms with Gasteiger partial charge in [0.2, 0.25) is 0 Å². The molecule has 186 valence electrons. The summed E-state index contributed by atoms with van der Waals surface area (Å²) < 4.78 is 44.9. The molecule has 4 rings (SSSR count). The Morgan fingerprint density at radius 3 is 2.36 bits per heavy atom. The highest BCUT2D eigenvalue weighted by molar-refractivity contribution is 7.16. The van der Waals surface area contributed by atoms with Crippen LogP contribution in [0.4, 0.5) is 24.1 Å². The molecule has 2 aromatic carbocycles. The molecule has 10 heteroatoms. The molecule has 2 aromatic heterocycles. The smallest absolute Gasteiger partial charge is 0.417 e. The number of carboxylic acid groups (broad SMARTS) is 1. The number of para-hydroxylation sites is 1. The van der Waals surface area contributed by atoms with Crippen molar-refractivity contribution in [2.45, 2.75) is 26.4 Å². The first-order valence-electron chi connectivity index (χ1n) is 11.0. The van der Waals surface area contributed by atoms with E-state index in [2.05, 4.69) is 29.1 Å². The Hall–Kier alpha value is -3.92. The number of hydrogen-bond donors (Lipinski definition) is 2. The molecule has 0 unspecified atom stereocenters. The fraction of sp³-hybridized carbons (Fsp3) is 0.192. The Morgan fingerprint density at radius 1 is 1.08 bits per heavy atom. The van der Waals surface area contributed by atoms with Gasteiger partial charge in [0.15, 0.2) is 5.13 Å². The van der Waals surface area contributed by atoms with Gasteiger partial charge < -0.3 is 15.2 Å². The second kappa shape index (κ2) is 10.4. The van der Waals surface area contributed by atoms with Crippen molar-refractivity contribution in [2.24, 2.45) is 5.92 Å². The number of thiazole rings is 1. The SMILES string of the molecule is CC(C)Cc1sc(Nc2ncc(C(F)(F)F)cc2C(=O)O)nc1-c1ccc(Oc2ccccc2)cc1. The number of carboxylic acids is 1. The van der Waals surface area contributed by atoms with Crippen molar-refractivity contribution in [1.82, 2.24) is 9.97 Å². The van der Waals surface area contributed by atoms with Gasteiger partial charge in [-0.3, -0.25) is 0 Å². The Kier molecular flexibility index (Phi) is 7.25. The summed E-state index contributed by atoms with van der Waals surface area (Å²) in [4.78, 5) is 20.9. The van der Waals surface area contributed by atoms with Crippen LogP contribution in [-0.4, -0.2) is 21.0 Å². The number of aromatic carboxylic acids is 1. The summed E-state index contributed by atoms with van der Waals surface area (Å²) in [5.74, 6) is -0.0486. The van der Waals surface area contributed by atoms with E-state index in [1.165, 1.54) is 11.3 Å². The summed E-state index contributed by atoms with van der Waals surface area (Å²) in [5, 5.41) is 12.6. The van der Waals surface area contributed by atoms with E-state index in [9.17, 15) is 23.1 Å². The summed E-state index contributed by atoms with van der Waals surface area (Å²) in [6.45, 7) is 4.13. The largest absolute Gasteiger partial charge is 0.478 e. The van der Waals surface area contributed by atoms with Crippen molar-refractivity contribution in [3.05, 3.63) is 82.9 Å². The van der Waals surface area contributed by atoms with Gasteiger partial charge in [0.05, 0.1) is 11.3 Å². The van der Waals surface area contributed by atoms with Gasteiger partial charge in [-0.15, -0.1) is 11.3 Å². The average Bonchev–Trinajstić information content (AvgIpc) is 3.21. The number of anilines is 2. The van der Waals surface area contributed by atoms with Crippen molar-refractivity contribution in [3.63, 3.8) is 0 Å². The summed E-state index contributed by atoms with van der Waals surface area (Å²) >= 11 is 1.31. The van der Waals surface area contributed by atoms with E-state index in [4.69, 9.17) is 4.74 Å². The second-order valence-corrected chi connectivity index (χ2v) is 9.46. The molecule has 0 spiro atoms. The Balaban J connectivity index is 1.64. The Labute approximate surface area is 209 Å². The minimum atomic E-state index is -4.70. The molecule has 0 bridgehead atoms. The lowest BCUT2D eigenvalue weighted by Gasteiger charge is -2.10. The third-order valence-electron chi connectivity index (χ3n) is 5.07. The van der Waals surface area contributed by atoms with Gasteiger partial charge >= 0.3 is 12.1 Å². The monoisotopic (exact) mass is 513 g/mol. The van der Waals surface area contributed by atoms with Crippen molar-refractivity contribution < 1.29 is 27.8 Å². The van der Waals surface area contributed by atoms with Crippen molar-refractivity contribution >= 4 is 28.3 Å². The zero-order valence-corrected chi connectivity index (χ0v) is 20.2. The summed E-state index contributed by atoms with van der Waals surface area (Å²) in [5.41, 5.74) is -0.196. The van der Waals surface area contributed by atoms with Crippen molar-refractivity contribution in [2.75, 3.05) is 5.32 Å². The van der Waals surface area contributed by atoms with Gasteiger partial charge in [-0.1, -0.05) is 32.0 Å². The number of nitrogens with zero attached hydrogens (tertiary/aromatic N) is 2. The van der Waals surface area contributed by atoms with Gasteiger partial charge in [-0.05, 0) is 54.8 Å². The fourth-order valence-corrected chi connectivity index (χ4v) is 4.62. The molecule has 0 saturated carbocycles. The molecule has 0 aliphatic heterocycles. The van der Waals surface area contributed by atoms with E-state index in [-0.39, 0.29) is 5.82 Å². The van der Waals surface area contributed by atoms with Crippen LogP contribution < -0.4 is 10.1 Å². The zero-order valence-electron chi connectivity index (χ0n) is 19.3. The second-order valence-electron chi connectivity index (χ2n) is 8.38. The van der Waals surface area contributed by atoms with E-state index < -0.39 is 23.3 Å². The minimum Gasteiger partial charge on any atom is -0.478 e. The molecule has 0 amide bonds. The molecule has 4 aromatic rings. The third-order valence-corrected chi connectivity index (χ3v) is 6.06. The van der Waals surface area contributed by atoms with E-state index in [0.29, 0.717) is 46.9 Å². The van der Waals surface area contributed by atoms with E-state index in [1.807, 2.05) is 54.6 Å². The van der Waals surface area contributed by atoms with Crippen LogP contribution in [0.3, 0.4) is 0 Å². The average molecular weight is 514 g/mol. The van der Waals surface area contributed by atoms with E-state index in [1.54, 1.807) is 0 Å². The van der Waals surface area contributed by atoms with Gasteiger partial charge in [-0.2, -0.15) is 13.2 Å². The van der Waals surface area contributed by atoms with Gasteiger partial charge in [0.1, 0.15) is 22.9 Å². The molecule has 0 saturated heterocycles. The molecule has 2 heterocycles. The third kappa shape index (κ3) is 6.01. The number of ether oxygens (including phenoxy) is 1. The summed E-state index contributed by atoms with van der Waals surface area (Å²) in [7, 11) is 0. The number of halogens is 3. The molecule has 0 aliphatic carbocycles. The van der Waals surface area contributed by atoms with Crippen LogP contribution in [0.25, 0.3) is 11.3 Å². The lowest BCUT2D eigenvalue weighted by Crippen LogP contribution is -2.11. The van der Waals surface area contributed by atoms with Crippen LogP contribution in [0, 0.1) is 5.92 Å². The number of pyridine rings is 1. The minimum absolute atomic E-state index is 0.210. The predicted octanol–water partition coefficient (Wildman–Crippen LogP) is 7.66. The van der Waals surface area contributed by atoms with Gasteiger partial charge in [-0.25, -0.2) is 14.8 Å². The number of aromatic nitrogens is 2. The number of rotatable bonds is 8.